The second-order valence-electron chi connectivity index (χ2n) is 4.43. The number of nitrogens with zero attached hydrogens (tertiary/aromatic N) is 1. The highest BCUT2D eigenvalue weighted by Gasteiger charge is 2.27. The Morgan fingerprint density at radius 2 is 1.80 bits per heavy atom. The van der Waals surface area contributed by atoms with Crippen molar-refractivity contribution in [2.75, 3.05) is 24.6 Å². The van der Waals surface area contributed by atoms with Crippen molar-refractivity contribution >= 4 is 27.8 Å². The molecule has 1 saturated heterocycles. The van der Waals surface area contributed by atoms with Crippen LogP contribution in [0.25, 0.3) is 0 Å². The Kier molecular flexibility index (Phi) is 5.31. The molecule has 0 unspecified atom stereocenters. The molecule has 3 N–H and O–H groups in total. The summed E-state index contributed by atoms with van der Waals surface area (Å²) in [6, 6.07) is -2.31. The van der Waals surface area contributed by atoms with E-state index in [-0.39, 0.29) is 31.0 Å². The summed E-state index contributed by atoms with van der Waals surface area (Å²) < 4.78 is 22.8. The van der Waals surface area contributed by atoms with Gasteiger partial charge in [-0.25, -0.2) is 18.0 Å². The Morgan fingerprint density at radius 3 is 2.35 bits per heavy atom. The van der Waals surface area contributed by atoms with Gasteiger partial charge in [0.25, 0.3) is 0 Å². The molecule has 10 heteroatoms. The van der Waals surface area contributed by atoms with E-state index in [9.17, 15) is 22.8 Å². The highest BCUT2D eigenvalue weighted by Crippen LogP contribution is 2.06. The van der Waals surface area contributed by atoms with Crippen LogP contribution in [-0.4, -0.2) is 72.1 Å². The molecule has 0 spiro atoms. The van der Waals surface area contributed by atoms with Gasteiger partial charge in [0.2, 0.25) is 0 Å². The number of urea groups is 1. The van der Waals surface area contributed by atoms with Crippen LogP contribution in [0.15, 0.2) is 0 Å². The molecule has 0 aromatic rings. The van der Waals surface area contributed by atoms with E-state index in [2.05, 4.69) is 5.32 Å². The zero-order chi connectivity index (χ0) is 15.3. The van der Waals surface area contributed by atoms with E-state index < -0.39 is 40.3 Å². The molecule has 0 aliphatic carbocycles. The molecule has 1 rings (SSSR count). The van der Waals surface area contributed by atoms with Crippen molar-refractivity contribution in [2.45, 2.75) is 18.9 Å². The van der Waals surface area contributed by atoms with E-state index in [1.54, 1.807) is 0 Å². The maximum Gasteiger partial charge on any atom is 0.326 e. The number of hydrogen-bond donors (Lipinski definition) is 3. The standard InChI is InChI=1S/C10H16N2O7S/c13-8(14)6-7(9(15)16)11-10(17)12-2-1-4-20(18,19)5-3-12/h7H,1-6H2,(H,11,17)(H,13,14)(H,15,16)/t7-/m1/s1. The summed E-state index contributed by atoms with van der Waals surface area (Å²) >= 11 is 0. The van der Waals surface area contributed by atoms with Gasteiger partial charge in [0, 0.05) is 13.1 Å². The molecule has 1 atom stereocenters. The Bertz CT molecular complexity index is 502. The van der Waals surface area contributed by atoms with Crippen molar-refractivity contribution in [1.82, 2.24) is 10.2 Å². The van der Waals surface area contributed by atoms with Crippen LogP contribution >= 0.6 is 0 Å². The lowest BCUT2D eigenvalue weighted by atomic mass is 10.2. The monoisotopic (exact) mass is 308 g/mol. The molecule has 0 bridgehead atoms. The first-order valence-corrected chi connectivity index (χ1v) is 7.74. The fourth-order valence-electron chi connectivity index (χ4n) is 1.76. The van der Waals surface area contributed by atoms with Crippen LogP contribution < -0.4 is 5.32 Å². The largest absolute Gasteiger partial charge is 0.481 e. The summed E-state index contributed by atoms with van der Waals surface area (Å²) in [6.07, 6.45) is -0.473. The Hall–Kier alpha value is -1.84. The van der Waals surface area contributed by atoms with Crippen molar-refractivity contribution in [1.29, 1.82) is 0 Å². The predicted molar refractivity (Wildman–Crippen MR) is 67.1 cm³/mol. The van der Waals surface area contributed by atoms with Crippen molar-refractivity contribution < 1.29 is 33.0 Å². The summed E-state index contributed by atoms with van der Waals surface area (Å²) in [5.41, 5.74) is 0. The summed E-state index contributed by atoms with van der Waals surface area (Å²) in [5, 5.41) is 19.5. The second kappa shape index (κ2) is 6.55. The Morgan fingerprint density at radius 1 is 1.15 bits per heavy atom. The van der Waals surface area contributed by atoms with E-state index in [4.69, 9.17) is 10.2 Å². The second-order valence-corrected chi connectivity index (χ2v) is 6.73. The molecule has 9 nitrogen and oxygen atoms in total. The summed E-state index contributed by atoms with van der Waals surface area (Å²) in [7, 11) is -3.18. The molecule has 1 aliphatic heterocycles. The highest BCUT2D eigenvalue weighted by molar-refractivity contribution is 7.91. The van der Waals surface area contributed by atoms with Gasteiger partial charge in [0.15, 0.2) is 9.84 Å². The van der Waals surface area contributed by atoms with Gasteiger partial charge >= 0.3 is 18.0 Å². The number of carboxylic acid groups (broad SMARTS) is 2. The van der Waals surface area contributed by atoms with Gasteiger partial charge in [0.1, 0.15) is 6.04 Å². The van der Waals surface area contributed by atoms with Crippen LogP contribution in [0.5, 0.6) is 0 Å². The van der Waals surface area contributed by atoms with Crippen molar-refractivity contribution in [3.63, 3.8) is 0 Å². The fraction of sp³-hybridized carbons (Fsp3) is 0.700. The molecule has 1 fully saturated rings. The van der Waals surface area contributed by atoms with Crippen molar-refractivity contribution in [2.24, 2.45) is 0 Å². The first-order valence-electron chi connectivity index (χ1n) is 5.92. The normalized spacial score (nSPS) is 19.7. The Balaban J connectivity index is 2.64. The molecule has 0 saturated carbocycles. The fourth-order valence-corrected chi connectivity index (χ4v) is 3.03. The zero-order valence-corrected chi connectivity index (χ0v) is 11.4. The molecular formula is C10H16N2O7S. The van der Waals surface area contributed by atoms with Gasteiger partial charge < -0.3 is 20.4 Å². The quantitative estimate of drug-likeness (QED) is 0.588. The SMILES string of the molecule is O=C(O)C[C@@H](NC(=O)N1CCCS(=O)(=O)CC1)C(=O)O. The minimum atomic E-state index is -3.18. The third-order valence-corrected chi connectivity index (χ3v) is 4.53. The molecule has 114 valence electrons. The molecule has 0 aromatic carbocycles. The van der Waals surface area contributed by atoms with Crippen LogP contribution in [0, 0.1) is 0 Å². The van der Waals surface area contributed by atoms with Crippen LogP contribution in [0.3, 0.4) is 0 Å². The van der Waals surface area contributed by atoms with Gasteiger partial charge in [-0.1, -0.05) is 0 Å². The topological polar surface area (TPSA) is 141 Å². The van der Waals surface area contributed by atoms with Crippen LogP contribution in [0.2, 0.25) is 0 Å². The van der Waals surface area contributed by atoms with E-state index in [1.807, 2.05) is 0 Å². The number of hydrogen-bond acceptors (Lipinski definition) is 5. The average molecular weight is 308 g/mol. The molecular weight excluding hydrogens is 292 g/mol. The maximum absolute atomic E-state index is 11.8. The van der Waals surface area contributed by atoms with Crippen LogP contribution in [0.4, 0.5) is 4.79 Å². The van der Waals surface area contributed by atoms with Crippen LogP contribution in [-0.2, 0) is 19.4 Å². The summed E-state index contributed by atoms with van der Waals surface area (Å²) in [4.78, 5) is 34.3. The number of carbonyl (C=O) groups excluding carboxylic acids is 1. The number of carboxylic acids is 2. The number of rotatable bonds is 4. The van der Waals surface area contributed by atoms with Gasteiger partial charge in [-0.2, -0.15) is 0 Å². The third kappa shape index (κ3) is 5.03. The first-order chi connectivity index (χ1) is 9.21. The number of nitrogens with one attached hydrogen (secondary N) is 1. The molecule has 1 aliphatic rings. The van der Waals surface area contributed by atoms with E-state index in [1.165, 1.54) is 4.90 Å². The van der Waals surface area contributed by atoms with Crippen molar-refractivity contribution in [3.05, 3.63) is 0 Å². The minimum Gasteiger partial charge on any atom is -0.481 e. The van der Waals surface area contributed by atoms with Gasteiger partial charge in [-0.3, -0.25) is 4.79 Å². The molecule has 2 amide bonds. The average Bonchev–Trinajstić information content (AvgIpc) is 2.48. The number of amides is 2. The number of carbonyl (C=O) groups is 3. The molecule has 0 radical (unpaired) electrons. The smallest absolute Gasteiger partial charge is 0.326 e. The lowest BCUT2D eigenvalue weighted by Gasteiger charge is -2.22. The Labute approximate surface area is 115 Å². The zero-order valence-electron chi connectivity index (χ0n) is 10.6. The maximum atomic E-state index is 11.8. The lowest BCUT2D eigenvalue weighted by molar-refractivity contribution is -0.145. The molecule has 20 heavy (non-hydrogen) atoms. The molecule has 0 aromatic heterocycles. The molecule has 1 heterocycles. The van der Waals surface area contributed by atoms with Gasteiger partial charge in [-0.15, -0.1) is 0 Å². The van der Waals surface area contributed by atoms with Gasteiger partial charge in [-0.05, 0) is 6.42 Å². The van der Waals surface area contributed by atoms with E-state index >= 15 is 0 Å². The third-order valence-electron chi connectivity index (χ3n) is 2.82. The lowest BCUT2D eigenvalue weighted by Crippen LogP contribution is -2.49. The predicted octanol–water partition coefficient (Wildman–Crippen LogP) is -1.26. The number of aliphatic carboxylic acids is 2. The van der Waals surface area contributed by atoms with E-state index in [0.29, 0.717) is 0 Å². The summed E-state index contributed by atoms with van der Waals surface area (Å²) in [6.45, 7) is 0.151. The number of sulfone groups is 1. The first kappa shape index (κ1) is 16.2. The van der Waals surface area contributed by atoms with Crippen LogP contribution in [0.1, 0.15) is 12.8 Å². The van der Waals surface area contributed by atoms with Crippen molar-refractivity contribution in [3.8, 4) is 0 Å². The van der Waals surface area contributed by atoms with Gasteiger partial charge in [0.05, 0.1) is 17.9 Å². The summed E-state index contributed by atoms with van der Waals surface area (Å²) in [5.74, 6) is -3.01. The highest BCUT2D eigenvalue weighted by atomic mass is 32.2. The minimum absolute atomic E-state index is 0.0196. The van der Waals surface area contributed by atoms with E-state index in [0.717, 1.165) is 0 Å².